The summed E-state index contributed by atoms with van der Waals surface area (Å²) in [5, 5.41) is 8.96. The molecular weight excluding hydrogens is 294 g/mol. The first kappa shape index (κ1) is 12.5. The molecule has 0 aliphatic rings. The summed E-state index contributed by atoms with van der Waals surface area (Å²) in [6.07, 6.45) is 4.50. The normalized spacial score (nSPS) is 11.3. The molecule has 0 saturated heterocycles. The van der Waals surface area contributed by atoms with Crippen molar-refractivity contribution in [2.24, 2.45) is 0 Å². The highest BCUT2D eigenvalue weighted by Crippen LogP contribution is 2.24. The second-order valence-electron chi connectivity index (χ2n) is 3.64. The summed E-state index contributed by atoms with van der Waals surface area (Å²) in [5.74, 6) is -0.975. The molecule has 0 aliphatic heterocycles. The van der Waals surface area contributed by atoms with Crippen LogP contribution < -0.4 is 0 Å². The number of nitrogens with zero attached hydrogens (tertiary/aromatic N) is 1. The second-order valence-corrected chi connectivity index (χ2v) is 4.56. The predicted octanol–water partition coefficient (Wildman–Crippen LogP) is 3.36. The van der Waals surface area contributed by atoms with E-state index in [2.05, 4.69) is 20.9 Å². The van der Waals surface area contributed by atoms with Crippen LogP contribution in [0.15, 0.2) is 59.3 Å². The van der Waals surface area contributed by atoms with Gasteiger partial charge in [0.2, 0.25) is 0 Å². The molecule has 4 heteroatoms. The van der Waals surface area contributed by atoms with Gasteiger partial charge in [0.25, 0.3) is 0 Å². The van der Waals surface area contributed by atoms with E-state index in [-0.39, 0.29) is 0 Å². The molecule has 0 unspecified atom stereocenters. The van der Waals surface area contributed by atoms with Gasteiger partial charge in [-0.25, -0.2) is 4.79 Å². The van der Waals surface area contributed by atoms with E-state index in [1.54, 1.807) is 18.5 Å². The summed E-state index contributed by atoms with van der Waals surface area (Å²) in [4.78, 5) is 14.9. The van der Waals surface area contributed by atoms with Crippen molar-refractivity contribution in [2.45, 2.75) is 0 Å². The van der Waals surface area contributed by atoms with E-state index < -0.39 is 5.97 Å². The number of carboxylic acid groups (broad SMARTS) is 1. The fourth-order valence-electron chi connectivity index (χ4n) is 1.61. The molecule has 0 spiro atoms. The van der Waals surface area contributed by atoms with Gasteiger partial charge in [0.1, 0.15) is 0 Å². The molecule has 2 aromatic rings. The summed E-state index contributed by atoms with van der Waals surface area (Å²) in [7, 11) is 0. The lowest BCUT2D eigenvalue weighted by Gasteiger charge is -2.07. The van der Waals surface area contributed by atoms with Crippen LogP contribution in [0.25, 0.3) is 5.57 Å². The molecule has 0 saturated carbocycles. The molecule has 0 atom stereocenters. The first-order valence-corrected chi connectivity index (χ1v) is 6.07. The van der Waals surface area contributed by atoms with E-state index in [1.807, 2.05) is 30.3 Å². The number of carbonyl (C=O) groups is 1. The minimum absolute atomic E-state index is 0.642. The molecule has 1 N–H and O–H groups in total. The Morgan fingerprint density at radius 2 is 1.89 bits per heavy atom. The van der Waals surface area contributed by atoms with E-state index in [1.165, 1.54) is 6.08 Å². The molecule has 0 radical (unpaired) electrons. The molecule has 90 valence electrons. The number of pyridine rings is 1. The van der Waals surface area contributed by atoms with E-state index >= 15 is 0 Å². The lowest BCUT2D eigenvalue weighted by Crippen LogP contribution is -1.95. The Bertz CT molecular complexity index is 577. The lowest BCUT2D eigenvalue weighted by atomic mass is 9.99. The standard InChI is InChI=1S/C14H10BrNO2/c15-12-5-3-10(4-6-12)13(8-14(17)18)11-2-1-7-16-9-11/h1-9H,(H,17,18)/b13-8-. The first-order valence-electron chi connectivity index (χ1n) is 5.28. The Labute approximate surface area is 113 Å². The molecule has 0 amide bonds. The molecule has 0 bridgehead atoms. The van der Waals surface area contributed by atoms with Gasteiger partial charge >= 0.3 is 5.97 Å². The number of hydrogen-bond donors (Lipinski definition) is 1. The quantitative estimate of drug-likeness (QED) is 0.885. The van der Waals surface area contributed by atoms with Gasteiger partial charge in [-0.15, -0.1) is 0 Å². The topological polar surface area (TPSA) is 50.2 Å². The number of carboxylic acids is 1. The number of aliphatic carboxylic acids is 1. The fraction of sp³-hybridized carbons (Fsp3) is 0. The number of rotatable bonds is 3. The average molecular weight is 304 g/mol. The van der Waals surface area contributed by atoms with Crippen LogP contribution in [-0.4, -0.2) is 16.1 Å². The van der Waals surface area contributed by atoms with Crippen molar-refractivity contribution in [3.63, 3.8) is 0 Å². The van der Waals surface area contributed by atoms with Gasteiger partial charge < -0.3 is 5.11 Å². The van der Waals surface area contributed by atoms with Crippen molar-refractivity contribution < 1.29 is 9.90 Å². The number of halogens is 1. The summed E-state index contributed by atoms with van der Waals surface area (Å²) < 4.78 is 0.951. The second kappa shape index (κ2) is 5.60. The van der Waals surface area contributed by atoms with Crippen molar-refractivity contribution in [3.8, 4) is 0 Å². The zero-order chi connectivity index (χ0) is 13.0. The van der Waals surface area contributed by atoms with Crippen LogP contribution in [0.1, 0.15) is 11.1 Å². The third-order valence-electron chi connectivity index (χ3n) is 2.40. The zero-order valence-electron chi connectivity index (χ0n) is 9.38. The van der Waals surface area contributed by atoms with Crippen LogP contribution in [0.3, 0.4) is 0 Å². The predicted molar refractivity (Wildman–Crippen MR) is 73.1 cm³/mol. The van der Waals surface area contributed by atoms with Crippen LogP contribution in [0.2, 0.25) is 0 Å². The molecule has 0 aliphatic carbocycles. The smallest absolute Gasteiger partial charge is 0.328 e. The van der Waals surface area contributed by atoms with E-state index in [9.17, 15) is 4.79 Å². The van der Waals surface area contributed by atoms with Crippen LogP contribution in [0, 0.1) is 0 Å². The highest BCUT2D eigenvalue weighted by molar-refractivity contribution is 9.10. The van der Waals surface area contributed by atoms with Crippen LogP contribution >= 0.6 is 15.9 Å². The Morgan fingerprint density at radius 1 is 1.17 bits per heavy atom. The minimum atomic E-state index is -0.975. The number of aromatic nitrogens is 1. The maximum Gasteiger partial charge on any atom is 0.328 e. The molecule has 1 aromatic carbocycles. The average Bonchev–Trinajstić information content (AvgIpc) is 2.38. The maximum absolute atomic E-state index is 10.9. The van der Waals surface area contributed by atoms with Crippen molar-refractivity contribution >= 4 is 27.5 Å². The Balaban J connectivity index is 2.51. The van der Waals surface area contributed by atoms with Crippen molar-refractivity contribution in [1.82, 2.24) is 4.98 Å². The Hall–Kier alpha value is -1.94. The fourth-order valence-corrected chi connectivity index (χ4v) is 1.87. The summed E-state index contributed by atoms with van der Waals surface area (Å²) in [6.45, 7) is 0. The largest absolute Gasteiger partial charge is 0.478 e. The van der Waals surface area contributed by atoms with Gasteiger partial charge in [-0.05, 0) is 29.3 Å². The molecule has 3 nitrogen and oxygen atoms in total. The van der Waals surface area contributed by atoms with Gasteiger partial charge in [-0.3, -0.25) is 4.98 Å². The SMILES string of the molecule is O=C(O)/C=C(/c1ccc(Br)cc1)c1cccnc1. The Kier molecular flexibility index (Phi) is 3.89. The zero-order valence-corrected chi connectivity index (χ0v) is 11.0. The lowest BCUT2D eigenvalue weighted by molar-refractivity contribution is -0.131. The molecule has 18 heavy (non-hydrogen) atoms. The third-order valence-corrected chi connectivity index (χ3v) is 2.92. The molecule has 1 aromatic heterocycles. The van der Waals surface area contributed by atoms with Crippen molar-refractivity contribution in [2.75, 3.05) is 0 Å². The van der Waals surface area contributed by atoms with Crippen LogP contribution in [0.4, 0.5) is 0 Å². The van der Waals surface area contributed by atoms with E-state index in [0.29, 0.717) is 5.57 Å². The summed E-state index contributed by atoms with van der Waals surface area (Å²) >= 11 is 3.35. The van der Waals surface area contributed by atoms with Crippen molar-refractivity contribution in [3.05, 3.63) is 70.5 Å². The van der Waals surface area contributed by atoms with Gasteiger partial charge in [-0.1, -0.05) is 34.1 Å². The van der Waals surface area contributed by atoms with Gasteiger partial charge in [0, 0.05) is 28.5 Å². The highest BCUT2D eigenvalue weighted by Gasteiger charge is 2.07. The maximum atomic E-state index is 10.9. The van der Waals surface area contributed by atoms with Gasteiger partial charge in [0.15, 0.2) is 0 Å². The summed E-state index contributed by atoms with van der Waals surface area (Å²) in [5.41, 5.74) is 2.26. The van der Waals surface area contributed by atoms with Crippen molar-refractivity contribution in [1.29, 1.82) is 0 Å². The molecule has 2 rings (SSSR count). The molecule has 1 heterocycles. The van der Waals surface area contributed by atoms with Gasteiger partial charge in [-0.2, -0.15) is 0 Å². The molecule has 0 fully saturated rings. The first-order chi connectivity index (χ1) is 8.66. The Morgan fingerprint density at radius 3 is 2.44 bits per heavy atom. The third kappa shape index (κ3) is 3.05. The monoisotopic (exact) mass is 303 g/mol. The minimum Gasteiger partial charge on any atom is -0.478 e. The van der Waals surface area contributed by atoms with Gasteiger partial charge in [0.05, 0.1) is 0 Å². The van der Waals surface area contributed by atoms with E-state index in [0.717, 1.165) is 15.6 Å². The number of benzene rings is 1. The summed E-state index contributed by atoms with van der Waals surface area (Å²) in [6, 6.07) is 11.1. The highest BCUT2D eigenvalue weighted by atomic mass is 79.9. The number of hydrogen-bond acceptors (Lipinski definition) is 2. The van der Waals surface area contributed by atoms with Crippen LogP contribution in [0.5, 0.6) is 0 Å². The van der Waals surface area contributed by atoms with Crippen LogP contribution in [-0.2, 0) is 4.79 Å². The van der Waals surface area contributed by atoms with E-state index in [4.69, 9.17) is 5.11 Å². The molecular formula is C14H10BrNO2.